The second-order valence-electron chi connectivity index (χ2n) is 4.66. The van der Waals surface area contributed by atoms with Gasteiger partial charge in [-0.25, -0.2) is 0 Å². The second-order valence-corrected chi connectivity index (χ2v) is 4.66. The summed E-state index contributed by atoms with van der Waals surface area (Å²) in [5.41, 5.74) is 2.07. The van der Waals surface area contributed by atoms with Gasteiger partial charge in [-0.05, 0) is 30.7 Å². The highest BCUT2D eigenvalue weighted by molar-refractivity contribution is 5.40. The Kier molecular flexibility index (Phi) is 5.51. The van der Waals surface area contributed by atoms with E-state index in [4.69, 9.17) is 9.47 Å². The molecule has 21 heavy (non-hydrogen) atoms. The molecule has 0 aliphatic heterocycles. The molecule has 1 unspecified atom stereocenters. The minimum absolute atomic E-state index is 0.00880. The average Bonchev–Trinajstić information content (AvgIpc) is 2.56. The van der Waals surface area contributed by atoms with Gasteiger partial charge in [-0.3, -0.25) is 9.97 Å². The quantitative estimate of drug-likeness (QED) is 0.848. The Hall–Kier alpha value is -2.14. The van der Waals surface area contributed by atoms with E-state index in [1.54, 1.807) is 32.8 Å². The van der Waals surface area contributed by atoms with E-state index in [9.17, 15) is 0 Å². The van der Waals surface area contributed by atoms with Crippen LogP contribution in [0.2, 0.25) is 0 Å². The number of ether oxygens (including phenoxy) is 2. The highest BCUT2D eigenvalue weighted by Crippen LogP contribution is 2.30. The normalized spacial score (nSPS) is 12.0. The average molecular weight is 287 g/mol. The molecule has 0 radical (unpaired) electrons. The molecule has 2 heterocycles. The monoisotopic (exact) mass is 287 g/mol. The summed E-state index contributed by atoms with van der Waals surface area (Å²) < 4.78 is 10.7. The minimum Gasteiger partial charge on any atom is -0.495 e. The molecular weight excluding hydrogens is 266 g/mol. The van der Waals surface area contributed by atoms with Gasteiger partial charge in [0.05, 0.1) is 32.7 Å². The van der Waals surface area contributed by atoms with Gasteiger partial charge in [-0.2, -0.15) is 0 Å². The van der Waals surface area contributed by atoms with Gasteiger partial charge in [-0.15, -0.1) is 0 Å². The molecule has 1 N–H and O–H groups in total. The van der Waals surface area contributed by atoms with Gasteiger partial charge in [0.25, 0.3) is 0 Å². The molecule has 0 aliphatic carbocycles. The molecule has 0 aliphatic rings. The van der Waals surface area contributed by atoms with Gasteiger partial charge < -0.3 is 14.8 Å². The van der Waals surface area contributed by atoms with E-state index in [1.807, 2.05) is 18.3 Å². The Morgan fingerprint density at radius 3 is 2.71 bits per heavy atom. The van der Waals surface area contributed by atoms with Crippen LogP contribution in [0.1, 0.15) is 30.5 Å². The van der Waals surface area contributed by atoms with Crippen LogP contribution in [0.5, 0.6) is 11.5 Å². The van der Waals surface area contributed by atoms with Crippen LogP contribution in [0.15, 0.2) is 36.9 Å². The Bertz CT molecular complexity index is 575. The fourth-order valence-corrected chi connectivity index (χ4v) is 2.20. The Labute approximate surface area is 125 Å². The van der Waals surface area contributed by atoms with E-state index in [0.717, 1.165) is 35.6 Å². The molecule has 112 valence electrons. The maximum Gasteiger partial charge on any atom is 0.142 e. The SMILES string of the molecule is CCCNC(c1cncc(OC)c1)c1ccncc1OC. The lowest BCUT2D eigenvalue weighted by molar-refractivity contribution is 0.400. The third-order valence-corrected chi connectivity index (χ3v) is 3.25. The van der Waals surface area contributed by atoms with Crippen molar-refractivity contribution in [3.8, 4) is 11.5 Å². The largest absolute Gasteiger partial charge is 0.495 e. The summed E-state index contributed by atoms with van der Waals surface area (Å²) in [7, 11) is 3.30. The molecule has 0 bridgehead atoms. The van der Waals surface area contributed by atoms with Crippen LogP contribution in [0.25, 0.3) is 0 Å². The summed E-state index contributed by atoms with van der Waals surface area (Å²) >= 11 is 0. The summed E-state index contributed by atoms with van der Waals surface area (Å²) in [5.74, 6) is 1.50. The Balaban J connectivity index is 2.41. The molecule has 2 aromatic rings. The first-order chi connectivity index (χ1) is 10.3. The van der Waals surface area contributed by atoms with E-state index < -0.39 is 0 Å². The number of hydrogen-bond acceptors (Lipinski definition) is 5. The first kappa shape index (κ1) is 15.3. The van der Waals surface area contributed by atoms with Gasteiger partial charge in [0, 0.05) is 18.0 Å². The molecule has 1 atom stereocenters. The molecule has 0 aromatic carbocycles. The number of nitrogens with one attached hydrogen (secondary N) is 1. The van der Waals surface area contributed by atoms with Crippen molar-refractivity contribution < 1.29 is 9.47 Å². The molecular formula is C16H21N3O2. The van der Waals surface area contributed by atoms with E-state index in [2.05, 4.69) is 22.2 Å². The van der Waals surface area contributed by atoms with Gasteiger partial charge >= 0.3 is 0 Å². The molecule has 5 nitrogen and oxygen atoms in total. The van der Waals surface area contributed by atoms with Crippen molar-refractivity contribution >= 4 is 0 Å². The number of hydrogen-bond donors (Lipinski definition) is 1. The molecule has 0 spiro atoms. The van der Waals surface area contributed by atoms with Crippen LogP contribution < -0.4 is 14.8 Å². The summed E-state index contributed by atoms with van der Waals surface area (Å²) in [6.07, 6.45) is 8.08. The number of aromatic nitrogens is 2. The van der Waals surface area contributed by atoms with Crippen molar-refractivity contribution in [1.29, 1.82) is 0 Å². The number of pyridine rings is 2. The van der Waals surface area contributed by atoms with Gasteiger partial charge in [-0.1, -0.05) is 6.92 Å². The van der Waals surface area contributed by atoms with E-state index in [0.29, 0.717) is 0 Å². The van der Waals surface area contributed by atoms with Crippen molar-refractivity contribution in [3.05, 3.63) is 48.0 Å². The topological polar surface area (TPSA) is 56.3 Å². The molecule has 0 fully saturated rings. The minimum atomic E-state index is -0.00880. The molecule has 0 saturated heterocycles. The zero-order valence-corrected chi connectivity index (χ0v) is 12.7. The van der Waals surface area contributed by atoms with Gasteiger partial charge in [0.15, 0.2) is 0 Å². The fraction of sp³-hybridized carbons (Fsp3) is 0.375. The molecule has 5 heteroatoms. The predicted molar refractivity (Wildman–Crippen MR) is 81.7 cm³/mol. The standard InChI is InChI=1S/C16H21N3O2/c1-4-6-19-16(12-8-13(20-2)10-18-9-12)14-5-7-17-11-15(14)21-3/h5,7-11,16,19H,4,6H2,1-3H3. The maximum atomic E-state index is 5.43. The van der Waals surface area contributed by atoms with Crippen LogP contribution in [0, 0.1) is 0 Å². The van der Waals surface area contributed by atoms with E-state index in [-0.39, 0.29) is 6.04 Å². The van der Waals surface area contributed by atoms with Crippen LogP contribution in [-0.4, -0.2) is 30.7 Å². The Morgan fingerprint density at radius 2 is 2.00 bits per heavy atom. The fourth-order valence-electron chi connectivity index (χ4n) is 2.20. The van der Waals surface area contributed by atoms with Crippen LogP contribution in [0.3, 0.4) is 0 Å². The van der Waals surface area contributed by atoms with Crippen LogP contribution >= 0.6 is 0 Å². The highest BCUT2D eigenvalue weighted by Gasteiger charge is 2.18. The number of rotatable bonds is 7. The summed E-state index contributed by atoms with van der Waals surface area (Å²) in [5, 5.41) is 3.52. The number of methoxy groups -OCH3 is 2. The van der Waals surface area contributed by atoms with Crippen molar-refractivity contribution in [2.75, 3.05) is 20.8 Å². The zero-order valence-electron chi connectivity index (χ0n) is 12.7. The second kappa shape index (κ2) is 7.59. The third kappa shape index (κ3) is 3.70. The lowest BCUT2D eigenvalue weighted by Gasteiger charge is -2.21. The lowest BCUT2D eigenvalue weighted by Crippen LogP contribution is -2.24. The number of nitrogens with zero attached hydrogens (tertiary/aromatic N) is 2. The summed E-state index contributed by atoms with van der Waals surface area (Å²) in [4.78, 5) is 8.36. The Morgan fingerprint density at radius 1 is 1.14 bits per heavy atom. The molecule has 2 rings (SSSR count). The van der Waals surface area contributed by atoms with Gasteiger partial charge in [0.1, 0.15) is 11.5 Å². The van der Waals surface area contributed by atoms with Crippen LogP contribution in [-0.2, 0) is 0 Å². The summed E-state index contributed by atoms with van der Waals surface area (Å²) in [6, 6.07) is 3.94. The predicted octanol–water partition coefficient (Wildman–Crippen LogP) is 2.58. The van der Waals surface area contributed by atoms with E-state index >= 15 is 0 Å². The summed E-state index contributed by atoms with van der Waals surface area (Å²) in [6.45, 7) is 3.03. The third-order valence-electron chi connectivity index (χ3n) is 3.25. The maximum absolute atomic E-state index is 5.43. The first-order valence-electron chi connectivity index (χ1n) is 7.00. The van der Waals surface area contributed by atoms with E-state index in [1.165, 1.54) is 0 Å². The lowest BCUT2D eigenvalue weighted by atomic mass is 10.00. The molecule has 2 aromatic heterocycles. The smallest absolute Gasteiger partial charge is 0.142 e. The van der Waals surface area contributed by atoms with Crippen LogP contribution in [0.4, 0.5) is 0 Å². The highest BCUT2D eigenvalue weighted by atomic mass is 16.5. The first-order valence-corrected chi connectivity index (χ1v) is 7.00. The molecule has 0 saturated carbocycles. The molecule has 0 amide bonds. The zero-order chi connectivity index (χ0) is 15.1. The van der Waals surface area contributed by atoms with Crippen molar-refractivity contribution in [2.45, 2.75) is 19.4 Å². The van der Waals surface area contributed by atoms with Crippen molar-refractivity contribution in [3.63, 3.8) is 0 Å². The van der Waals surface area contributed by atoms with Gasteiger partial charge in [0.2, 0.25) is 0 Å². The van der Waals surface area contributed by atoms with Crippen molar-refractivity contribution in [2.24, 2.45) is 0 Å². The van der Waals surface area contributed by atoms with Crippen molar-refractivity contribution in [1.82, 2.24) is 15.3 Å².